The highest BCUT2D eigenvalue weighted by atomic mass is 16.6. The predicted octanol–water partition coefficient (Wildman–Crippen LogP) is 2.04. The second-order valence-electron chi connectivity index (χ2n) is 5.96. The second-order valence-corrected chi connectivity index (χ2v) is 5.96. The third kappa shape index (κ3) is 7.34. The molecule has 0 saturated carbocycles. The molecule has 1 aromatic carbocycles. The number of hydrogen-bond acceptors (Lipinski definition) is 3. The van der Waals surface area contributed by atoms with E-state index in [4.69, 9.17) is 4.74 Å². The van der Waals surface area contributed by atoms with Gasteiger partial charge in [0.15, 0.2) is 5.96 Å². The number of hydrogen-bond donors (Lipinski definition) is 1. The number of carbonyl (C=O) groups is 1. The molecule has 5 heteroatoms. The number of esters is 1. The summed E-state index contributed by atoms with van der Waals surface area (Å²) in [6, 6.07) is 9.97. The Labute approximate surface area is 127 Å². The van der Waals surface area contributed by atoms with E-state index < -0.39 is 5.60 Å². The first-order chi connectivity index (χ1) is 9.78. The summed E-state index contributed by atoms with van der Waals surface area (Å²) in [5.41, 5.74) is 0.647. The van der Waals surface area contributed by atoms with Gasteiger partial charge < -0.3 is 15.0 Å². The first-order valence-corrected chi connectivity index (χ1v) is 6.99. The van der Waals surface area contributed by atoms with Gasteiger partial charge >= 0.3 is 5.97 Å². The zero-order chi connectivity index (χ0) is 15.9. The first-order valence-electron chi connectivity index (χ1n) is 6.99. The highest BCUT2D eigenvalue weighted by molar-refractivity contribution is 5.84. The van der Waals surface area contributed by atoms with Gasteiger partial charge in [-0.1, -0.05) is 30.3 Å². The molecule has 0 atom stereocenters. The molecule has 1 N–H and O–H groups in total. The minimum atomic E-state index is -0.474. The van der Waals surface area contributed by atoms with Gasteiger partial charge in [0.05, 0.1) is 6.54 Å². The molecule has 0 aliphatic carbocycles. The van der Waals surface area contributed by atoms with Gasteiger partial charge in [0.2, 0.25) is 0 Å². The Morgan fingerprint density at radius 3 is 2.38 bits per heavy atom. The van der Waals surface area contributed by atoms with Gasteiger partial charge in [0.25, 0.3) is 0 Å². The van der Waals surface area contributed by atoms with Gasteiger partial charge in [-0.3, -0.25) is 4.79 Å². The van der Waals surface area contributed by atoms with Crippen molar-refractivity contribution in [3.8, 4) is 0 Å². The lowest BCUT2D eigenvalue weighted by Gasteiger charge is -2.21. The van der Waals surface area contributed by atoms with Crippen LogP contribution in [0, 0.1) is 0 Å². The highest BCUT2D eigenvalue weighted by Gasteiger charge is 2.16. The Morgan fingerprint density at radius 2 is 1.86 bits per heavy atom. The highest BCUT2D eigenvalue weighted by Crippen LogP contribution is 2.06. The van der Waals surface area contributed by atoms with E-state index in [0.717, 1.165) is 5.56 Å². The van der Waals surface area contributed by atoms with Crippen LogP contribution < -0.4 is 5.32 Å². The van der Waals surface area contributed by atoms with E-state index in [1.54, 1.807) is 0 Å². The molecule has 0 spiro atoms. The topological polar surface area (TPSA) is 53.9 Å². The summed E-state index contributed by atoms with van der Waals surface area (Å²) in [4.78, 5) is 18.0. The average molecular weight is 291 g/mol. The molecule has 1 rings (SSSR count). The minimum Gasteiger partial charge on any atom is -0.459 e. The van der Waals surface area contributed by atoms with Crippen LogP contribution in [0.4, 0.5) is 0 Å². The van der Waals surface area contributed by atoms with E-state index in [0.29, 0.717) is 12.5 Å². The van der Waals surface area contributed by atoms with Crippen LogP contribution in [0.25, 0.3) is 0 Å². The van der Waals surface area contributed by atoms with Crippen LogP contribution >= 0.6 is 0 Å². The van der Waals surface area contributed by atoms with Crippen LogP contribution in [0.15, 0.2) is 35.3 Å². The molecule has 0 saturated heterocycles. The third-order valence-corrected chi connectivity index (χ3v) is 2.49. The number of rotatable bonds is 4. The lowest BCUT2D eigenvalue weighted by molar-refractivity contribution is -0.153. The molecule has 0 unspecified atom stereocenters. The molecule has 0 amide bonds. The maximum Gasteiger partial charge on any atom is 0.325 e. The van der Waals surface area contributed by atoms with Crippen LogP contribution in [0.3, 0.4) is 0 Å². The van der Waals surface area contributed by atoms with Crippen molar-refractivity contribution in [2.45, 2.75) is 32.9 Å². The molecule has 21 heavy (non-hydrogen) atoms. The molecule has 0 radical (unpaired) electrons. The van der Waals surface area contributed by atoms with E-state index in [1.807, 2.05) is 70.1 Å². The lowest BCUT2D eigenvalue weighted by atomic mass is 10.2. The standard InChI is InChI=1S/C16H25N3O2/c1-16(2,3)21-14(20)12-18-15(19(4)5)17-11-13-9-7-6-8-10-13/h6-10H,11-12H2,1-5H3,(H,17,18). The SMILES string of the molecule is CN(C)C(=NCc1ccccc1)NCC(=O)OC(C)(C)C. The molecule has 116 valence electrons. The van der Waals surface area contributed by atoms with E-state index in [2.05, 4.69) is 10.3 Å². The fourth-order valence-corrected chi connectivity index (χ4v) is 1.63. The summed E-state index contributed by atoms with van der Waals surface area (Å²) < 4.78 is 5.26. The summed E-state index contributed by atoms with van der Waals surface area (Å²) >= 11 is 0. The Morgan fingerprint density at radius 1 is 1.24 bits per heavy atom. The number of aliphatic imine (C=N–C) groups is 1. The van der Waals surface area contributed by atoms with Crippen LogP contribution in [0.2, 0.25) is 0 Å². The van der Waals surface area contributed by atoms with E-state index in [-0.39, 0.29) is 12.5 Å². The van der Waals surface area contributed by atoms with Crippen molar-refractivity contribution in [2.24, 2.45) is 4.99 Å². The van der Waals surface area contributed by atoms with Crippen molar-refractivity contribution < 1.29 is 9.53 Å². The Bertz CT molecular complexity index is 476. The first kappa shape index (κ1) is 17.0. The number of guanidine groups is 1. The minimum absolute atomic E-state index is 0.100. The van der Waals surface area contributed by atoms with Crippen LogP contribution in [-0.4, -0.2) is 43.1 Å². The molecule has 0 heterocycles. The molecular weight excluding hydrogens is 266 g/mol. The van der Waals surface area contributed by atoms with E-state index in [9.17, 15) is 4.79 Å². The van der Waals surface area contributed by atoms with Gasteiger partial charge in [0.1, 0.15) is 12.1 Å². The average Bonchev–Trinajstić information content (AvgIpc) is 2.37. The predicted molar refractivity (Wildman–Crippen MR) is 85.1 cm³/mol. The number of benzene rings is 1. The third-order valence-electron chi connectivity index (χ3n) is 2.49. The molecule has 1 aromatic rings. The summed E-state index contributed by atoms with van der Waals surface area (Å²) in [6.45, 7) is 6.21. The van der Waals surface area contributed by atoms with Gasteiger partial charge in [-0.2, -0.15) is 0 Å². The molecule has 0 fully saturated rings. The van der Waals surface area contributed by atoms with Gasteiger partial charge in [-0.15, -0.1) is 0 Å². The van der Waals surface area contributed by atoms with Crippen molar-refractivity contribution in [1.29, 1.82) is 0 Å². The fraction of sp³-hybridized carbons (Fsp3) is 0.500. The quantitative estimate of drug-likeness (QED) is 0.524. The fourth-order valence-electron chi connectivity index (χ4n) is 1.63. The van der Waals surface area contributed by atoms with Crippen molar-refractivity contribution in [1.82, 2.24) is 10.2 Å². The van der Waals surface area contributed by atoms with E-state index >= 15 is 0 Å². The Kier molecular flexibility index (Phi) is 6.21. The summed E-state index contributed by atoms with van der Waals surface area (Å²) in [5.74, 6) is 0.362. The molecule has 0 bridgehead atoms. The zero-order valence-electron chi connectivity index (χ0n) is 13.5. The number of carbonyl (C=O) groups excluding carboxylic acids is 1. The molecular formula is C16H25N3O2. The molecule has 0 aromatic heterocycles. The van der Waals surface area contributed by atoms with Crippen LogP contribution in [0.5, 0.6) is 0 Å². The lowest BCUT2D eigenvalue weighted by Crippen LogP contribution is -2.41. The van der Waals surface area contributed by atoms with Crippen molar-refractivity contribution >= 4 is 11.9 Å². The largest absolute Gasteiger partial charge is 0.459 e. The maximum atomic E-state index is 11.7. The zero-order valence-corrected chi connectivity index (χ0v) is 13.5. The van der Waals surface area contributed by atoms with Crippen molar-refractivity contribution in [2.75, 3.05) is 20.6 Å². The monoisotopic (exact) mass is 291 g/mol. The van der Waals surface area contributed by atoms with Gasteiger partial charge in [0, 0.05) is 14.1 Å². The van der Waals surface area contributed by atoms with Crippen LogP contribution in [-0.2, 0) is 16.1 Å². The smallest absolute Gasteiger partial charge is 0.325 e. The Balaban J connectivity index is 2.56. The van der Waals surface area contributed by atoms with Crippen molar-refractivity contribution in [3.05, 3.63) is 35.9 Å². The molecule has 5 nitrogen and oxygen atoms in total. The van der Waals surface area contributed by atoms with E-state index in [1.165, 1.54) is 0 Å². The number of ether oxygens (including phenoxy) is 1. The number of nitrogens with one attached hydrogen (secondary N) is 1. The second kappa shape index (κ2) is 7.67. The van der Waals surface area contributed by atoms with Gasteiger partial charge in [-0.05, 0) is 26.3 Å². The molecule has 0 aliphatic heterocycles. The van der Waals surface area contributed by atoms with Crippen LogP contribution in [0.1, 0.15) is 26.3 Å². The summed E-state index contributed by atoms with van der Waals surface area (Å²) in [5, 5.41) is 3.01. The number of nitrogens with zero attached hydrogens (tertiary/aromatic N) is 2. The Hall–Kier alpha value is -2.04. The summed E-state index contributed by atoms with van der Waals surface area (Å²) in [6.07, 6.45) is 0. The molecule has 0 aliphatic rings. The summed E-state index contributed by atoms with van der Waals surface area (Å²) in [7, 11) is 3.76. The van der Waals surface area contributed by atoms with Crippen molar-refractivity contribution in [3.63, 3.8) is 0 Å². The normalized spacial score (nSPS) is 12.0. The van der Waals surface area contributed by atoms with Gasteiger partial charge in [-0.25, -0.2) is 4.99 Å². The maximum absolute atomic E-state index is 11.7.